The topological polar surface area (TPSA) is 73.6 Å². The highest BCUT2D eigenvalue weighted by molar-refractivity contribution is 5.80. The number of benzene rings is 1. The molecule has 5 heteroatoms. The van der Waals surface area contributed by atoms with Gasteiger partial charge >= 0.3 is 0 Å². The van der Waals surface area contributed by atoms with E-state index in [0.717, 1.165) is 17.7 Å². The number of methoxy groups -OCH3 is 1. The van der Waals surface area contributed by atoms with Gasteiger partial charge in [-0.1, -0.05) is 6.92 Å². The van der Waals surface area contributed by atoms with Gasteiger partial charge in [-0.05, 0) is 43.5 Å². The first kappa shape index (κ1) is 16.3. The van der Waals surface area contributed by atoms with E-state index in [2.05, 4.69) is 5.32 Å². The molecule has 2 unspecified atom stereocenters. The first-order valence-electron chi connectivity index (χ1n) is 6.82. The van der Waals surface area contributed by atoms with Crippen LogP contribution in [0.15, 0.2) is 18.2 Å². The van der Waals surface area contributed by atoms with Crippen molar-refractivity contribution in [3.63, 3.8) is 0 Å². The first-order valence-corrected chi connectivity index (χ1v) is 6.82. The summed E-state index contributed by atoms with van der Waals surface area (Å²) >= 11 is 0. The standard InChI is InChI=1S/C15H24N2O3/c1-5-12(16)8-11-9-13(19-4)6-7-14(11)20-10(2)15(18)17-3/h6-7,9-10,12H,5,8,16H2,1-4H3,(H,17,18). The second-order valence-corrected chi connectivity index (χ2v) is 4.72. The Balaban J connectivity index is 2.95. The number of ether oxygens (including phenoxy) is 2. The molecule has 112 valence electrons. The molecule has 0 spiro atoms. The van der Waals surface area contributed by atoms with E-state index in [1.807, 2.05) is 25.1 Å². The molecule has 0 radical (unpaired) electrons. The Labute approximate surface area is 120 Å². The highest BCUT2D eigenvalue weighted by Gasteiger charge is 2.16. The van der Waals surface area contributed by atoms with Gasteiger partial charge in [-0.3, -0.25) is 4.79 Å². The van der Waals surface area contributed by atoms with Crippen LogP contribution < -0.4 is 20.5 Å². The summed E-state index contributed by atoms with van der Waals surface area (Å²) in [4.78, 5) is 11.5. The van der Waals surface area contributed by atoms with Gasteiger partial charge in [0, 0.05) is 13.1 Å². The number of rotatable bonds is 7. The highest BCUT2D eigenvalue weighted by atomic mass is 16.5. The van der Waals surface area contributed by atoms with Crippen molar-refractivity contribution in [3.8, 4) is 11.5 Å². The van der Waals surface area contributed by atoms with E-state index >= 15 is 0 Å². The van der Waals surface area contributed by atoms with Crippen molar-refractivity contribution >= 4 is 5.91 Å². The molecule has 0 aliphatic rings. The lowest BCUT2D eigenvalue weighted by atomic mass is 10.0. The van der Waals surface area contributed by atoms with Crippen molar-refractivity contribution in [2.75, 3.05) is 14.2 Å². The predicted molar refractivity (Wildman–Crippen MR) is 79.1 cm³/mol. The van der Waals surface area contributed by atoms with Gasteiger partial charge in [-0.15, -0.1) is 0 Å². The number of amides is 1. The molecule has 0 saturated carbocycles. The molecule has 0 bridgehead atoms. The molecule has 1 rings (SSSR count). The van der Waals surface area contributed by atoms with E-state index in [1.54, 1.807) is 21.1 Å². The van der Waals surface area contributed by atoms with E-state index < -0.39 is 6.10 Å². The van der Waals surface area contributed by atoms with Crippen LogP contribution in [0.1, 0.15) is 25.8 Å². The summed E-state index contributed by atoms with van der Waals surface area (Å²) in [6, 6.07) is 5.59. The van der Waals surface area contributed by atoms with Gasteiger partial charge in [0.25, 0.3) is 5.91 Å². The Bertz CT molecular complexity index is 449. The lowest BCUT2D eigenvalue weighted by molar-refractivity contribution is -0.126. The largest absolute Gasteiger partial charge is 0.497 e. The Morgan fingerprint density at radius 3 is 2.70 bits per heavy atom. The maximum Gasteiger partial charge on any atom is 0.260 e. The summed E-state index contributed by atoms with van der Waals surface area (Å²) in [5.74, 6) is 1.26. The molecule has 3 N–H and O–H groups in total. The fourth-order valence-corrected chi connectivity index (χ4v) is 1.83. The van der Waals surface area contributed by atoms with Gasteiger partial charge in [-0.2, -0.15) is 0 Å². The number of hydrogen-bond acceptors (Lipinski definition) is 4. The summed E-state index contributed by atoms with van der Waals surface area (Å²) in [7, 11) is 3.21. The zero-order chi connectivity index (χ0) is 15.1. The molecule has 20 heavy (non-hydrogen) atoms. The highest BCUT2D eigenvalue weighted by Crippen LogP contribution is 2.26. The van der Waals surface area contributed by atoms with Crippen LogP contribution in [0.5, 0.6) is 11.5 Å². The second kappa shape index (κ2) is 7.75. The monoisotopic (exact) mass is 280 g/mol. The molecule has 1 aromatic rings. The third-order valence-corrected chi connectivity index (χ3v) is 3.19. The number of hydrogen-bond donors (Lipinski definition) is 2. The normalized spacial score (nSPS) is 13.4. The fraction of sp³-hybridized carbons (Fsp3) is 0.533. The van der Waals surface area contributed by atoms with Crippen LogP contribution in [0.4, 0.5) is 0 Å². The molecule has 0 fully saturated rings. The lowest BCUT2D eigenvalue weighted by Gasteiger charge is -2.18. The molecule has 5 nitrogen and oxygen atoms in total. The zero-order valence-electron chi connectivity index (χ0n) is 12.6. The van der Waals surface area contributed by atoms with Crippen LogP contribution >= 0.6 is 0 Å². The molecule has 0 aliphatic heterocycles. The van der Waals surface area contributed by atoms with Gasteiger partial charge in [0.05, 0.1) is 7.11 Å². The van der Waals surface area contributed by atoms with Gasteiger partial charge in [0.15, 0.2) is 6.10 Å². The lowest BCUT2D eigenvalue weighted by Crippen LogP contribution is -2.34. The zero-order valence-corrected chi connectivity index (χ0v) is 12.6. The molecule has 0 aromatic heterocycles. The van der Waals surface area contributed by atoms with Crippen LogP contribution in [0.2, 0.25) is 0 Å². The second-order valence-electron chi connectivity index (χ2n) is 4.72. The average molecular weight is 280 g/mol. The molecular formula is C15H24N2O3. The van der Waals surface area contributed by atoms with Crippen molar-refractivity contribution in [1.82, 2.24) is 5.32 Å². The summed E-state index contributed by atoms with van der Waals surface area (Å²) < 4.78 is 10.9. The van der Waals surface area contributed by atoms with Crippen molar-refractivity contribution in [2.24, 2.45) is 5.73 Å². The van der Waals surface area contributed by atoms with Gasteiger partial charge in [-0.25, -0.2) is 0 Å². The molecule has 0 aliphatic carbocycles. The van der Waals surface area contributed by atoms with Crippen molar-refractivity contribution in [1.29, 1.82) is 0 Å². The maximum absolute atomic E-state index is 11.5. The first-order chi connectivity index (χ1) is 9.51. The van der Waals surface area contributed by atoms with Crippen LogP contribution in [0.25, 0.3) is 0 Å². The van der Waals surface area contributed by atoms with Gasteiger partial charge in [0.2, 0.25) is 0 Å². The average Bonchev–Trinajstić information content (AvgIpc) is 2.47. The summed E-state index contributed by atoms with van der Waals surface area (Å²) in [6.45, 7) is 3.76. The van der Waals surface area contributed by atoms with Gasteiger partial charge in [0.1, 0.15) is 11.5 Å². The Hall–Kier alpha value is -1.75. The van der Waals surface area contributed by atoms with E-state index in [1.165, 1.54) is 0 Å². The smallest absolute Gasteiger partial charge is 0.260 e. The number of carbonyl (C=O) groups excluding carboxylic acids is 1. The Morgan fingerprint density at radius 1 is 1.45 bits per heavy atom. The molecule has 1 amide bonds. The molecule has 0 heterocycles. The van der Waals surface area contributed by atoms with Crippen molar-refractivity contribution < 1.29 is 14.3 Å². The number of likely N-dealkylation sites (N-methyl/N-ethyl adjacent to an activating group) is 1. The Morgan fingerprint density at radius 2 is 2.15 bits per heavy atom. The SMILES string of the molecule is CCC(N)Cc1cc(OC)ccc1OC(C)C(=O)NC. The molecule has 0 saturated heterocycles. The van der Waals surface area contributed by atoms with Crippen LogP contribution in [0.3, 0.4) is 0 Å². The number of carbonyl (C=O) groups is 1. The van der Waals surface area contributed by atoms with E-state index in [-0.39, 0.29) is 11.9 Å². The van der Waals surface area contributed by atoms with Crippen LogP contribution in [0, 0.1) is 0 Å². The quantitative estimate of drug-likeness (QED) is 0.793. The van der Waals surface area contributed by atoms with E-state index in [9.17, 15) is 4.79 Å². The maximum atomic E-state index is 11.5. The fourth-order valence-electron chi connectivity index (χ4n) is 1.83. The van der Waals surface area contributed by atoms with Crippen LogP contribution in [-0.2, 0) is 11.2 Å². The minimum Gasteiger partial charge on any atom is -0.497 e. The number of nitrogens with one attached hydrogen (secondary N) is 1. The summed E-state index contributed by atoms with van der Waals surface area (Å²) in [5, 5.41) is 2.57. The number of nitrogens with two attached hydrogens (primary N) is 1. The van der Waals surface area contributed by atoms with Crippen molar-refractivity contribution in [3.05, 3.63) is 23.8 Å². The predicted octanol–water partition coefficient (Wildman–Crippen LogP) is 1.49. The molecular weight excluding hydrogens is 256 g/mol. The molecule has 2 atom stereocenters. The van der Waals surface area contributed by atoms with Gasteiger partial charge < -0.3 is 20.5 Å². The Kier molecular flexibility index (Phi) is 6.31. The summed E-state index contributed by atoms with van der Waals surface area (Å²) in [6.07, 6.45) is 1.01. The van der Waals surface area contributed by atoms with E-state index in [4.69, 9.17) is 15.2 Å². The minimum atomic E-state index is -0.551. The molecule has 1 aromatic carbocycles. The summed E-state index contributed by atoms with van der Waals surface area (Å²) in [5.41, 5.74) is 6.96. The third kappa shape index (κ3) is 4.42. The minimum absolute atomic E-state index is 0.0553. The van der Waals surface area contributed by atoms with Crippen molar-refractivity contribution in [2.45, 2.75) is 38.8 Å². The van der Waals surface area contributed by atoms with E-state index in [0.29, 0.717) is 12.2 Å². The third-order valence-electron chi connectivity index (χ3n) is 3.19. The van der Waals surface area contributed by atoms with Crippen LogP contribution in [-0.4, -0.2) is 32.2 Å².